The van der Waals surface area contributed by atoms with Gasteiger partial charge in [-0.05, 0) is 43.7 Å². The van der Waals surface area contributed by atoms with Crippen molar-refractivity contribution in [3.8, 4) is 11.5 Å². The molecule has 8 heteroatoms. The van der Waals surface area contributed by atoms with E-state index in [2.05, 4.69) is 30.3 Å². The molecule has 1 saturated heterocycles. The van der Waals surface area contributed by atoms with Crippen molar-refractivity contribution >= 4 is 5.91 Å². The summed E-state index contributed by atoms with van der Waals surface area (Å²) in [5, 5.41) is 6.95. The standard InChI is InChI=1S/C19H20N6O2/c26-17(22-12-14-6-1-3-9-20-14)13-25-11-5-8-16(25)19-23-18(24-27-19)15-7-2-4-10-21-15/h1-4,6-7,9-10,16H,5,8,11-13H2,(H,22,26). The maximum atomic E-state index is 12.3. The van der Waals surface area contributed by atoms with Crippen LogP contribution < -0.4 is 5.32 Å². The second-order valence-corrected chi connectivity index (χ2v) is 6.40. The highest BCUT2D eigenvalue weighted by Crippen LogP contribution is 2.31. The molecule has 0 saturated carbocycles. The van der Waals surface area contributed by atoms with Crippen molar-refractivity contribution in [3.63, 3.8) is 0 Å². The van der Waals surface area contributed by atoms with E-state index in [9.17, 15) is 4.79 Å². The van der Waals surface area contributed by atoms with Crippen molar-refractivity contribution in [3.05, 3.63) is 60.4 Å². The molecule has 0 aliphatic carbocycles. The maximum absolute atomic E-state index is 12.3. The third-order valence-electron chi connectivity index (χ3n) is 4.52. The molecule has 1 amide bonds. The molecular formula is C19H20N6O2. The lowest BCUT2D eigenvalue weighted by Crippen LogP contribution is -2.36. The van der Waals surface area contributed by atoms with Gasteiger partial charge in [0, 0.05) is 12.4 Å². The minimum absolute atomic E-state index is 0.0444. The van der Waals surface area contributed by atoms with Crippen molar-refractivity contribution in [1.82, 2.24) is 30.3 Å². The first-order chi connectivity index (χ1) is 13.3. The van der Waals surface area contributed by atoms with Gasteiger partial charge in [-0.1, -0.05) is 17.3 Å². The molecule has 138 valence electrons. The second kappa shape index (κ2) is 8.05. The van der Waals surface area contributed by atoms with Gasteiger partial charge < -0.3 is 9.84 Å². The van der Waals surface area contributed by atoms with Gasteiger partial charge in [-0.3, -0.25) is 19.7 Å². The molecule has 0 aromatic carbocycles. The van der Waals surface area contributed by atoms with E-state index in [1.165, 1.54) is 0 Å². The molecule has 3 aromatic heterocycles. The molecule has 4 heterocycles. The number of hydrogen-bond acceptors (Lipinski definition) is 7. The maximum Gasteiger partial charge on any atom is 0.244 e. The normalized spacial score (nSPS) is 17.1. The van der Waals surface area contributed by atoms with Gasteiger partial charge in [0.1, 0.15) is 5.69 Å². The van der Waals surface area contributed by atoms with E-state index in [4.69, 9.17) is 4.52 Å². The summed E-state index contributed by atoms with van der Waals surface area (Å²) >= 11 is 0. The molecule has 1 atom stereocenters. The molecule has 0 spiro atoms. The van der Waals surface area contributed by atoms with Gasteiger partial charge >= 0.3 is 0 Å². The third-order valence-corrected chi connectivity index (χ3v) is 4.52. The molecule has 0 bridgehead atoms. The minimum atomic E-state index is -0.0458. The Morgan fingerprint density at radius 1 is 1.19 bits per heavy atom. The highest BCUT2D eigenvalue weighted by atomic mass is 16.5. The Morgan fingerprint density at radius 3 is 2.81 bits per heavy atom. The SMILES string of the molecule is O=C(CN1CCCC1c1nc(-c2ccccn2)no1)NCc1ccccn1. The first-order valence-electron chi connectivity index (χ1n) is 8.95. The molecule has 3 aromatic rings. The molecule has 4 rings (SSSR count). The Morgan fingerprint density at radius 2 is 2.04 bits per heavy atom. The van der Waals surface area contributed by atoms with Gasteiger partial charge in [0.25, 0.3) is 0 Å². The minimum Gasteiger partial charge on any atom is -0.349 e. The zero-order valence-corrected chi connectivity index (χ0v) is 14.8. The lowest BCUT2D eigenvalue weighted by Gasteiger charge is -2.20. The van der Waals surface area contributed by atoms with Crippen molar-refractivity contribution in [1.29, 1.82) is 0 Å². The summed E-state index contributed by atoms with van der Waals surface area (Å²) in [6.45, 7) is 1.53. The van der Waals surface area contributed by atoms with Crippen LogP contribution in [0.5, 0.6) is 0 Å². The van der Waals surface area contributed by atoms with E-state index < -0.39 is 0 Å². The third kappa shape index (κ3) is 4.17. The van der Waals surface area contributed by atoms with Crippen LogP contribution in [0, 0.1) is 0 Å². The molecule has 27 heavy (non-hydrogen) atoms. The molecule has 1 fully saturated rings. The fourth-order valence-corrected chi connectivity index (χ4v) is 3.20. The summed E-state index contributed by atoms with van der Waals surface area (Å²) < 4.78 is 5.46. The van der Waals surface area contributed by atoms with Crippen LogP contribution in [0.15, 0.2) is 53.3 Å². The van der Waals surface area contributed by atoms with Crippen LogP contribution in [0.25, 0.3) is 11.5 Å². The number of nitrogens with zero attached hydrogens (tertiary/aromatic N) is 5. The summed E-state index contributed by atoms with van der Waals surface area (Å²) in [6, 6.07) is 11.2. The summed E-state index contributed by atoms with van der Waals surface area (Å²) in [5.41, 5.74) is 1.51. The number of carbonyl (C=O) groups excluding carboxylic acids is 1. The number of likely N-dealkylation sites (tertiary alicyclic amines) is 1. The smallest absolute Gasteiger partial charge is 0.244 e. The van der Waals surface area contributed by atoms with Crippen LogP contribution in [0.2, 0.25) is 0 Å². The quantitative estimate of drug-likeness (QED) is 0.714. The van der Waals surface area contributed by atoms with Gasteiger partial charge in [-0.15, -0.1) is 0 Å². The van der Waals surface area contributed by atoms with Crippen molar-refractivity contribution in [2.45, 2.75) is 25.4 Å². The van der Waals surface area contributed by atoms with Crippen molar-refractivity contribution < 1.29 is 9.32 Å². The molecule has 1 aliphatic heterocycles. The van der Waals surface area contributed by atoms with Crippen molar-refractivity contribution in [2.75, 3.05) is 13.1 Å². The van der Waals surface area contributed by atoms with Gasteiger partial charge in [0.15, 0.2) is 0 Å². The Bertz CT molecular complexity index is 883. The summed E-state index contributed by atoms with van der Waals surface area (Å²) in [4.78, 5) is 27.3. The van der Waals surface area contributed by atoms with Crippen LogP contribution >= 0.6 is 0 Å². The summed E-state index contributed by atoms with van der Waals surface area (Å²) in [7, 11) is 0. The molecule has 1 unspecified atom stereocenters. The van der Waals surface area contributed by atoms with E-state index in [1.807, 2.05) is 36.4 Å². The summed E-state index contributed by atoms with van der Waals surface area (Å²) in [6.07, 6.45) is 5.28. The highest BCUT2D eigenvalue weighted by Gasteiger charge is 2.32. The predicted molar refractivity (Wildman–Crippen MR) is 97.2 cm³/mol. The first kappa shape index (κ1) is 17.3. The number of nitrogens with one attached hydrogen (secondary N) is 1. The van der Waals surface area contributed by atoms with Crippen molar-refractivity contribution in [2.24, 2.45) is 0 Å². The highest BCUT2D eigenvalue weighted by molar-refractivity contribution is 5.78. The monoisotopic (exact) mass is 364 g/mol. The van der Waals surface area contributed by atoms with Crippen LogP contribution in [0.4, 0.5) is 0 Å². The lowest BCUT2D eigenvalue weighted by atomic mass is 10.2. The first-order valence-corrected chi connectivity index (χ1v) is 8.95. The summed E-state index contributed by atoms with van der Waals surface area (Å²) in [5.74, 6) is 0.958. The van der Waals surface area contributed by atoms with E-state index in [1.54, 1.807) is 12.4 Å². The van der Waals surface area contributed by atoms with Crippen LogP contribution in [0.3, 0.4) is 0 Å². The van der Waals surface area contributed by atoms with Gasteiger partial charge in [0.2, 0.25) is 17.6 Å². The average molecular weight is 364 g/mol. The lowest BCUT2D eigenvalue weighted by molar-refractivity contribution is -0.122. The topological polar surface area (TPSA) is 97.0 Å². The Labute approximate surface area is 156 Å². The zero-order chi connectivity index (χ0) is 18.5. The number of aromatic nitrogens is 4. The zero-order valence-electron chi connectivity index (χ0n) is 14.8. The number of rotatable bonds is 6. The Balaban J connectivity index is 1.38. The Kier molecular flexibility index (Phi) is 5.15. The molecular weight excluding hydrogens is 344 g/mol. The number of hydrogen-bond donors (Lipinski definition) is 1. The van der Waals surface area contributed by atoms with E-state index >= 15 is 0 Å². The second-order valence-electron chi connectivity index (χ2n) is 6.40. The van der Waals surface area contributed by atoms with Crippen LogP contribution in [0.1, 0.15) is 30.5 Å². The molecule has 0 radical (unpaired) electrons. The molecule has 1 aliphatic rings. The van der Waals surface area contributed by atoms with Crippen LogP contribution in [-0.4, -0.2) is 44.0 Å². The largest absolute Gasteiger partial charge is 0.349 e. The molecule has 1 N–H and O–H groups in total. The number of amides is 1. The number of carbonyl (C=O) groups is 1. The van der Waals surface area contributed by atoms with Gasteiger partial charge in [0.05, 0.1) is 24.8 Å². The Hall–Kier alpha value is -3.13. The van der Waals surface area contributed by atoms with Gasteiger partial charge in [-0.2, -0.15) is 4.98 Å². The molecule has 8 nitrogen and oxygen atoms in total. The van der Waals surface area contributed by atoms with Crippen LogP contribution in [-0.2, 0) is 11.3 Å². The van der Waals surface area contributed by atoms with Gasteiger partial charge in [-0.25, -0.2) is 0 Å². The fraction of sp³-hybridized carbons (Fsp3) is 0.316. The van der Waals surface area contributed by atoms with E-state index in [0.29, 0.717) is 30.5 Å². The predicted octanol–water partition coefficient (Wildman–Crippen LogP) is 1.98. The fourth-order valence-electron chi connectivity index (χ4n) is 3.20. The average Bonchev–Trinajstić information content (AvgIpc) is 3.37. The van der Waals surface area contributed by atoms with E-state index in [0.717, 1.165) is 25.1 Å². The van der Waals surface area contributed by atoms with E-state index in [-0.39, 0.29) is 11.9 Å². The number of pyridine rings is 2.